The number of carbonyl (C=O) groups excluding carboxylic acids is 3. The molecule has 2 aromatic rings. The van der Waals surface area contributed by atoms with Gasteiger partial charge in [-0.2, -0.15) is 0 Å². The fraction of sp³-hybridized carbons (Fsp3) is 0.318. The average Bonchev–Trinajstić information content (AvgIpc) is 3.19. The van der Waals surface area contributed by atoms with Crippen molar-refractivity contribution in [3.8, 4) is 0 Å². The number of nitrogens with zero attached hydrogens (tertiary/aromatic N) is 1. The van der Waals surface area contributed by atoms with E-state index in [-0.39, 0.29) is 12.3 Å². The Balaban J connectivity index is 1.85. The number of amides is 2. The van der Waals surface area contributed by atoms with Crippen LogP contribution in [0.1, 0.15) is 17.2 Å². The Bertz CT molecular complexity index is 963. The molecule has 150 valence electrons. The Labute approximate surface area is 167 Å². The number of halogens is 1. The first kappa shape index (κ1) is 19.3. The number of imide groups is 1. The van der Waals surface area contributed by atoms with Crippen LogP contribution >= 0.6 is 0 Å². The summed E-state index contributed by atoms with van der Waals surface area (Å²) in [6, 6.07) is 14.4. The number of fused-ring (bicyclic) bond motifs is 1. The van der Waals surface area contributed by atoms with E-state index in [4.69, 9.17) is 4.74 Å². The minimum atomic E-state index is -1.41. The van der Waals surface area contributed by atoms with E-state index in [9.17, 15) is 18.8 Å². The molecule has 29 heavy (non-hydrogen) atoms. The fourth-order valence-electron chi connectivity index (χ4n) is 4.63. The fourth-order valence-corrected chi connectivity index (χ4v) is 4.63. The Kier molecular flexibility index (Phi) is 4.70. The van der Waals surface area contributed by atoms with Gasteiger partial charge in [-0.15, -0.1) is 0 Å². The minimum absolute atomic E-state index is 0.187. The first-order valence-electron chi connectivity index (χ1n) is 9.36. The largest absolute Gasteiger partial charge is 0.468 e. The summed E-state index contributed by atoms with van der Waals surface area (Å²) in [4.78, 5) is 40.1. The van der Waals surface area contributed by atoms with Gasteiger partial charge in [-0.3, -0.25) is 24.6 Å². The topological polar surface area (TPSA) is 75.7 Å². The van der Waals surface area contributed by atoms with Gasteiger partial charge in [-0.05, 0) is 23.3 Å². The monoisotopic (exact) mass is 396 g/mol. The number of ether oxygens (including phenoxy) is 1. The third kappa shape index (κ3) is 2.93. The van der Waals surface area contributed by atoms with Crippen LogP contribution in [0.2, 0.25) is 0 Å². The van der Waals surface area contributed by atoms with Crippen LogP contribution < -0.4 is 5.32 Å². The van der Waals surface area contributed by atoms with Gasteiger partial charge in [-0.25, -0.2) is 4.39 Å². The zero-order valence-corrected chi connectivity index (χ0v) is 16.1. The Morgan fingerprint density at radius 3 is 2.38 bits per heavy atom. The number of hydrogen-bond acceptors (Lipinski definition) is 5. The molecule has 0 spiro atoms. The van der Waals surface area contributed by atoms with Crippen molar-refractivity contribution in [1.29, 1.82) is 0 Å². The molecule has 0 saturated carbocycles. The number of esters is 1. The molecule has 7 heteroatoms. The van der Waals surface area contributed by atoms with Gasteiger partial charge in [-0.1, -0.05) is 42.5 Å². The Morgan fingerprint density at radius 2 is 1.76 bits per heavy atom. The lowest BCUT2D eigenvalue weighted by Gasteiger charge is -2.32. The summed E-state index contributed by atoms with van der Waals surface area (Å²) in [5.41, 5.74) is 0.0625. The third-order valence-electron chi connectivity index (χ3n) is 5.98. The van der Waals surface area contributed by atoms with Gasteiger partial charge >= 0.3 is 5.97 Å². The van der Waals surface area contributed by atoms with Crippen molar-refractivity contribution < 1.29 is 23.5 Å². The lowest BCUT2D eigenvalue weighted by atomic mass is 9.76. The van der Waals surface area contributed by atoms with Crippen LogP contribution in [0, 0.1) is 17.7 Å². The smallest absolute Gasteiger partial charge is 0.327 e. The van der Waals surface area contributed by atoms with E-state index in [1.165, 1.54) is 26.3 Å². The molecule has 4 atom stereocenters. The van der Waals surface area contributed by atoms with Crippen molar-refractivity contribution in [3.05, 3.63) is 71.5 Å². The van der Waals surface area contributed by atoms with Gasteiger partial charge in [0.1, 0.15) is 11.4 Å². The van der Waals surface area contributed by atoms with Crippen molar-refractivity contribution in [3.63, 3.8) is 0 Å². The van der Waals surface area contributed by atoms with Crippen molar-refractivity contribution in [2.75, 3.05) is 14.2 Å². The molecule has 0 radical (unpaired) electrons. The maximum absolute atomic E-state index is 13.4. The summed E-state index contributed by atoms with van der Waals surface area (Å²) in [6.45, 7) is 0. The van der Waals surface area contributed by atoms with Crippen molar-refractivity contribution in [1.82, 2.24) is 10.2 Å². The first-order valence-corrected chi connectivity index (χ1v) is 9.36. The summed E-state index contributed by atoms with van der Waals surface area (Å²) in [5, 5.41) is 3.26. The maximum Gasteiger partial charge on any atom is 0.327 e. The summed E-state index contributed by atoms with van der Waals surface area (Å²) in [5.74, 6) is -3.47. The van der Waals surface area contributed by atoms with Gasteiger partial charge < -0.3 is 4.74 Å². The van der Waals surface area contributed by atoms with Crippen LogP contribution in [-0.2, 0) is 25.5 Å². The molecule has 4 rings (SSSR count). The molecule has 2 aliphatic rings. The first-order chi connectivity index (χ1) is 13.9. The number of benzene rings is 2. The van der Waals surface area contributed by atoms with Crippen LogP contribution in [0.5, 0.6) is 0 Å². The predicted octanol–water partition coefficient (Wildman–Crippen LogP) is 1.86. The second kappa shape index (κ2) is 7.08. The summed E-state index contributed by atoms with van der Waals surface area (Å²) < 4.78 is 18.5. The Hall–Kier alpha value is -3.06. The average molecular weight is 396 g/mol. The minimum Gasteiger partial charge on any atom is -0.468 e. The molecule has 2 aromatic carbocycles. The highest BCUT2D eigenvalue weighted by Gasteiger charge is 2.68. The molecule has 1 N–H and O–H groups in total. The molecule has 2 aliphatic heterocycles. The number of methoxy groups -OCH3 is 1. The summed E-state index contributed by atoms with van der Waals surface area (Å²) in [6.07, 6.45) is 0.187. The van der Waals surface area contributed by atoms with Crippen LogP contribution in [0.4, 0.5) is 4.39 Å². The molecule has 2 saturated heterocycles. The lowest BCUT2D eigenvalue weighted by molar-refractivity contribution is -0.153. The number of rotatable bonds is 4. The molecule has 0 bridgehead atoms. The summed E-state index contributed by atoms with van der Waals surface area (Å²) in [7, 11) is 2.69. The highest BCUT2D eigenvalue weighted by molar-refractivity contribution is 6.09. The number of nitrogens with one attached hydrogen (secondary N) is 1. The lowest BCUT2D eigenvalue weighted by Crippen LogP contribution is -2.57. The maximum atomic E-state index is 13.4. The molecule has 2 amide bonds. The van der Waals surface area contributed by atoms with E-state index in [1.807, 2.05) is 30.3 Å². The van der Waals surface area contributed by atoms with Crippen molar-refractivity contribution >= 4 is 17.8 Å². The van der Waals surface area contributed by atoms with E-state index >= 15 is 0 Å². The van der Waals surface area contributed by atoms with E-state index in [2.05, 4.69) is 5.32 Å². The van der Waals surface area contributed by atoms with E-state index in [0.29, 0.717) is 5.56 Å². The van der Waals surface area contributed by atoms with Crippen molar-refractivity contribution in [2.24, 2.45) is 11.8 Å². The molecule has 0 unspecified atom stereocenters. The van der Waals surface area contributed by atoms with E-state index in [0.717, 1.165) is 10.5 Å². The van der Waals surface area contributed by atoms with E-state index < -0.39 is 41.1 Å². The number of carbonyl (C=O) groups is 3. The molecular formula is C22H21FN2O4. The molecule has 2 fully saturated rings. The normalized spacial score (nSPS) is 28.5. The predicted molar refractivity (Wildman–Crippen MR) is 102 cm³/mol. The van der Waals surface area contributed by atoms with Gasteiger partial charge in [0, 0.05) is 19.5 Å². The SMILES string of the molecule is COC(=O)[C@]1(Cc2ccccc2)N[C@@H](c2ccc(F)cc2)[C@H]2C(=O)N(C)C(=O)[C@H]21. The zero-order chi connectivity index (χ0) is 20.8. The summed E-state index contributed by atoms with van der Waals surface area (Å²) >= 11 is 0. The third-order valence-corrected chi connectivity index (χ3v) is 5.98. The van der Waals surface area contributed by atoms with Crippen molar-refractivity contribution in [2.45, 2.75) is 18.0 Å². The van der Waals surface area contributed by atoms with Crippen LogP contribution in [0.25, 0.3) is 0 Å². The molecular weight excluding hydrogens is 375 g/mol. The van der Waals surface area contributed by atoms with Crippen LogP contribution in [0.3, 0.4) is 0 Å². The highest BCUT2D eigenvalue weighted by atomic mass is 19.1. The van der Waals surface area contributed by atoms with Gasteiger partial charge in [0.15, 0.2) is 0 Å². The zero-order valence-electron chi connectivity index (χ0n) is 16.1. The number of hydrogen-bond donors (Lipinski definition) is 1. The second-order valence-electron chi connectivity index (χ2n) is 7.54. The molecule has 0 aromatic heterocycles. The second-order valence-corrected chi connectivity index (χ2v) is 7.54. The Morgan fingerprint density at radius 1 is 1.10 bits per heavy atom. The van der Waals surface area contributed by atoms with Crippen LogP contribution in [-0.4, -0.2) is 42.4 Å². The highest BCUT2D eigenvalue weighted by Crippen LogP contribution is 2.49. The van der Waals surface area contributed by atoms with Gasteiger partial charge in [0.25, 0.3) is 0 Å². The van der Waals surface area contributed by atoms with Crippen LogP contribution in [0.15, 0.2) is 54.6 Å². The van der Waals surface area contributed by atoms with Gasteiger partial charge in [0.2, 0.25) is 11.8 Å². The molecule has 6 nitrogen and oxygen atoms in total. The van der Waals surface area contributed by atoms with Gasteiger partial charge in [0.05, 0.1) is 18.9 Å². The molecule has 0 aliphatic carbocycles. The standard InChI is InChI=1S/C22H21FN2O4/c1-25-19(26)16-17(20(25)27)22(21(28)29-2,12-13-6-4-3-5-7-13)24-18(16)14-8-10-15(23)11-9-14/h3-11,16-18,24H,12H2,1-2H3/t16-,17-,18-,22+/m0/s1. The quantitative estimate of drug-likeness (QED) is 0.631. The molecule has 2 heterocycles. The van der Waals surface area contributed by atoms with E-state index in [1.54, 1.807) is 12.1 Å². The number of likely N-dealkylation sites (tertiary alicyclic amines) is 1.